The summed E-state index contributed by atoms with van der Waals surface area (Å²) >= 11 is 0. The Bertz CT molecular complexity index is 564. The lowest BCUT2D eigenvalue weighted by Crippen LogP contribution is -2.05. The maximum atomic E-state index is 13.2. The van der Waals surface area contributed by atoms with Gasteiger partial charge in [0, 0.05) is 0 Å². The van der Waals surface area contributed by atoms with Gasteiger partial charge >= 0.3 is 0 Å². The quantitative estimate of drug-likeness (QED) is 0.733. The lowest BCUT2D eigenvalue weighted by molar-refractivity contribution is 0.300. The third-order valence-electron chi connectivity index (χ3n) is 2.73. The van der Waals surface area contributed by atoms with Gasteiger partial charge in [-0.3, -0.25) is 0 Å². The van der Waals surface area contributed by atoms with Crippen LogP contribution in [0.15, 0.2) is 36.4 Å². The number of hydrogen-bond acceptors (Lipinski definition) is 2. The van der Waals surface area contributed by atoms with Crippen molar-refractivity contribution in [3.8, 4) is 22.6 Å². The molecule has 80 valence electrons. The summed E-state index contributed by atoms with van der Waals surface area (Å²) in [5.41, 5.74) is 2.16. The number of phenolic OH excluding ortho intramolecular Hbond substituents is 1. The van der Waals surface area contributed by atoms with Crippen LogP contribution in [0.25, 0.3) is 11.1 Å². The normalized spacial score (nSPS) is 12.6. The number of hydrogen-bond donors (Lipinski definition) is 1. The smallest absolute Gasteiger partial charge is 0.131 e. The van der Waals surface area contributed by atoms with Gasteiger partial charge in [0.05, 0.1) is 5.56 Å². The van der Waals surface area contributed by atoms with Crippen LogP contribution >= 0.6 is 0 Å². The van der Waals surface area contributed by atoms with Gasteiger partial charge in [-0.15, -0.1) is 0 Å². The molecule has 0 aliphatic carbocycles. The Morgan fingerprint density at radius 3 is 2.94 bits per heavy atom. The highest BCUT2D eigenvalue weighted by Gasteiger charge is 2.20. The van der Waals surface area contributed by atoms with Crippen LogP contribution in [0.2, 0.25) is 0 Å². The Kier molecular flexibility index (Phi) is 1.86. The van der Waals surface area contributed by atoms with E-state index in [2.05, 4.69) is 0 Å². The van der Waals surface area contributed by atoms with E-state index in [-0.39, 0.29) is 11.6 Å². The minimum absolute atomic E-state index is 0.115. The summed E-state index contributed by atoms with van der Waals surface area (Å²) in [7, 11) is 0. The van der Waals surface area contributed by atoms with E-state index in [1.807, 2.05) is 0 Å². The predicted molar refractivity (Wildman–Crippen MR) is 57.8 cm³/mol. The van der Waals surface area contributed by atoms with Gasteiger partial charge in [-0.25, -0.2) is 4.39 Å². The molecule has 1 N–H and O–H groups in total. The molecule has 0 spiro atoms. The van der Waals surface area contributed by atoms with Gasteiger partial charge in [0.15, 0.2) is 0 Å². The molecule has 0 aromatic heterocycles. The standard InChI is InChI=1S/C13H9FO2/c14-9-5-4-8-7-16-12-3-1-2-11(15)13(12)10(8)6-9/h1-6,15H,7H2. The van der Waals surface area contributed by atoms with Gasteiger partial charge < -0.3 is 9.84 Å². The van der Waals surface area contributed by atoms with E-state index >= 15 is 0 Å². The van der Waals surface area contributed by atoms with Crippen molar-refractivity contribution in [2.24, 2.45) is 0 Å². The van der Waals surface area contributed by atoms with E-state index in [0.29, 0.717) is 23.5 Å². The fraction of sp³-hybridized carbons (Fsp3) is 0.0769. The molecular formula is C13H9FO2. The van der Waals surface area contributed by atoms with Crippen molar-refractivity contribution in [2.45, 2.75) is 6.61 Å². The molecule has 2 aromatic carbocycles. The zero-order valence-electron chi connectivity index (χ0n) is 8.40. The first-order valence-corrected chi connectivity index (χ1v) is 4.99. The average Bonchev–Trinajstić information content (AvgIpc) is 2.28. The first kappa shape index (κ1) is 9.21. The fourth-order valence-electron chi connectivity index (χ4n) is 1.97. The van der Waals surface area contributed by atoms with E-state index in [0.717, 1.165) is 5.56 Å². The topological polar surface area (TPSA) is 29.5 Å². The summed E-state index contributed by atoms with van der Waals surface area (Å²) in [5.74, 6) is 0.400. The summed E-state index contributed by atoms with van der Waals surface area (Å²) in [6.07, 6.45) is 0. The molecule has 0 atom stereocenters. The van der Waals surface area contributed by atoms with E-state index in [4.69, 9.17) is 4.74 Å². The molecule has 3 heteroatoms. The summed E-state index contributed by atoms with van der Waals surface area (Å²) in [6, 6.07) is 9.55. The maximum Gasteiger partial charge on any atom is 0.131 e. The van der Waals surface area contributed by atoms with Gasteiger partial charge in [-0.2, -0.15) is 0 Å². The van der Waals surface area contributed by atoms with Crippen LogP contribution in [-0.2, 0) is 6.61 Å². The van der Waals surface area contributed by atoms with Gasteiger partial charge in [0.25, 0.3) is 0 Å². The lowest BCUT2D eigenvalue weighted by atomic mass is 9.96. The van der Waals surface area contributed by atoms with Crippen molar-refractivity contribution < 1.29 is 14.2 Å². The van der Waals surface area contributed by atoms with Crippen LogP contribution < -0.4 is 4.74 Å². The van der Waals surface area contributed by atoms with Crippen LogP contribution in [0.5, 0.6) is 11.5 Å². The van der Waals surface area contributed by atoms with E-state index in [9.17, 15) is 9.50 Å². The third kappa shape index (κ3) is 1.25. The number of ether oxygens (including phenoxy) is 1. The summed E-state index contributed by atoms with van der Waals surface area (Å²) in [5, 5.41) is 9.79. The molecular weight excluding hydrogens is 207 g/mol. The second-order valence-corrected chi connectivity index (χ2v) is 3.74. The second-order valence-electron chi connectivity index (χ2n) is 3.74. The Hall–Kier alpha value is -2.03. The van der Waals surface area contributed by atoms with Gasteiger partial charge in [0.2, 0.25) is 0 Å². The third-order valence-corrected chi connectivity index (χ3v) is 2.73. The highest BCUT2D eigenvalue weighted by atomic mass is 19.1. The molecule has 2 nitrogen and oxygen atoms in total. The molecule has 1 aliphatic heterocycles. The van der Waals surface area contributed by atoms with Crippen LogP contribution in [0, 0.1) is 5.82 Å². The molecule has 0 fully saturated rings. The Labute approximate surface area is 91.9 Å². The van der Waals surface area contributed by atoms with Crippen molar-refractivity contribution >= 4 is 0 Å². The molecule has 1 heterocycles. The van der Waals surface area contributed by atoms with Crippen LogP contribution in [-0.4, -0.2) is 5.11 Å². The van der Waals surface area contributed by atoms with Crippen molar-refractivity contribution in [3.05, 3.63) is 47.8 Å². The number of halogens is 1. The van der Waals surface area contributed by atoms with Crippen molar-refractivity contribution in [1.82, 2.24) is 0 Å². The highest BCUT2D eigenvalue weighted by Crippen LogP contribution is 2.43. The van der Waals surface area contributed by atoms with Gasteiger partial charge in [-0.1, -0.05) is 12.1 Å². The van der Waals surface area contributed by atoms with Crippen molar-refractivity contribution in [2.75, 3.05) is 0 Å². The Morgan fingerprint density at radius 2 is 2.06 bits per heavy atom. The van der Waals surface area contributed by atoms with E-state index in [1.54, 1.807) is 24.3 Å². The summed E-state index contributed by atoms with van der Waals surface area (Å²) in [6.45, 7) is 0.409. The second kappa shape index (κ2) is 3.23. The van der Waals surface area contributed by atoms with E-state index < -0.39 is 0 Å². The molecule has 0 radical (unpaired) electrons. The average molecular weight is 216 g/mol. The van der Waals surface area contributed by atoms with Crippen molar-refractivity contribution in [3.63, 3.8) is 0 Å². The molecule has 0 amide bonds. The Balaban J connectivity index is 2.32. The minimum Gasteiger partial charge on any atom is -0.507 e. The molecule has 0 saturated carbocycles. The SMILES string of the molecule is Oc1cccc2c1-c1cc(F)ccc1CO2. The van der Waals surface area contributed by atoms with Crippen LogP contribution in [0.4, 0.5) is 4.39 Å². The largest absolute Gasteiger partial charge is 0.507 e. The monoisotopic (exact) mass is 216 g/mol. The summed E-state index contributed by atoms with van der Waals surface area (Å²) in [4.78, 5) is 0. The van der Waals surface area contributed by atoms with E-state index in [1.165, 1.54) is 12.1 Å². The fourth-order valence-corrected chi connectivity index (χ4v) is 1.97. The molecule has 0 unspecified atom stereocenters. The number of phenols is 1. The predicted octanol–water partition coefficient (Wildman–Crippen LogP) is 3.09. The molecule has 1 aliphatic rings. The van der Waals surface area contributed by atoms with Gasteiger partial charge in [-0.05, 0) is 35.4 Å². The van der Waals surface area contributed by atoms with Crippen molar-refractivity contribution in [1.29, 1.82) is 0 Å². The number of aromatic hydroxyl groups is 1. The number of benzene rings is 2. The maximum absolute atomic E-state index is 13.2. The highest BCUT2D eigenvalue weighted by molar-refractivity contribution is 5.80. The lowest BCUT2D eigenvalue weighted by Gasteiger charge is -2.21. The summed E-state index contributed by atoms with van der Waals surface area (Å²) < 4.78 is 18.7. The zero-order valence-corrected chi connectivity index (χ0v) is 8.40. The molecule has 16 heavy (non-hydrogen) atoms. The minimum atomic E-state index is -0.310. The molecule has 2 aromatic rings. The molecule has 0 bridgehead atoms. The van der Waals surface area contributed by atoms with Crippen LogP contribution in [0.3, 0.4) is 0 Å². The van der Waals surface area contributed by atoms with Crippen LogP contribution in [0.1, 0.15) is 5.56 Å². The first-order chi connectivity index (χ1) is 7.75. The number of rotatable bonds is 0. The first-order valence-electron chi connectivity index (χ1n) is 4.99. The molecule has 0 saturated heterocycles. The molecule has 3 rings (SSSR count). The zero-order chi connectivity index (χ0) is 11.1. The van der Waals surface area contributed by atoms with Gasteiger partial charge in [0.1, 0.15) is 23.9 Å². The Morgan fingerprint density at radius 1 is 1.19 bits per heavy atom. The number of fused-ring (bicyclic) bond motifs is 3.